The van der Waals surface area contributed by atoms with E-state index < -0.39 is 21.5 Å². The highest BCUT2D eigenvalue weighted by molar-refractivity contribution is 7.92. The molecular formula is C43H47N7O7S. The number of pyridine rings is 1. The number of sulfonamides is 1. The minimum Gasteiger partial charge on any atom is -0.492 e. The average molecular weight is 806 g/mol. The molecule has 1 saturated heterocycles. The van der Waals surface area contributed by atoms with Crippen molar-refractivity contribution in [2.24, 2.45) is 5.73 Å². The van der Waals surface area contributed by atoms with Crippen LogP contribution in [0.5, 0.6) is 17.2 Å². The van der Waals surface area contributed by atoms with Crippen molar-refractivity contribution < 1.29 is 32.2 Å². The van der Waals surface area contributed by atoms with Gasteiger partial charge < -0.3 is 30.6 Å². The van der Waals surface area contributed by atoms with Gasteiger partial charge in [-0.25, -0.2) is 18.2 Å². The first-order chi connectivity index (χ1) is 27.6. The molecule has 0 unspecified atom stereocenters. The van der Waals surface area contributed by atoms with Crippen LogP contribution in [0.4, 0.5) is 33.4 Å². The number of benzene rings is 4. The molecule has 0 radical (unpaired) electrons. The van der Waals surface area contributed by atoms with E-state index in [1.165, 1.54) is 12.0 Å². The van der Waals surface area contributed by atoms with Gasteiger partial charge in [0.15, 0.2) is 5.75 Å². The molecule has 1 aliphatic rings. The lowest BCUT2D eigenvalue weighted by molar-refractivity contribution is 0.0383. The van der Waals surface area contributed by atoms with Gasteiger partial charge in [0.1, 0.15) is 17.3 Å². The highest BCUT2D eigenvalue weighted by atomic mass is 32.2. The Balaban J connectivity index is 1.26. The Morgan fingerprint density at radius 2 is 1.74 bits per heavy atom. The van der Waals surface area contributed by atoms with Crippen molar-refractivity contribution in [3.05, 3.63) is 102 Å². The molecule has 0 aliphatic carbocycles. The Labute approximate surface area is 338 Å². The predicted molar refractivity (Wildman–Crippen MR) is 227 cm³/mol. The number of carbonyl (C=O) groups excluding carboxylic acids is 2. The molecule has 14 nitrogen and oxygen atoms in total. The second kappa shape index (κ2) is 17.4. The third-order valence-corrected chi connectivity index (χ3v) is 10.1. The fraction of sp³-hybridized carbons (Fsp3) is 0.279. The van der Waals surface area contributed by atoms with E-state index in [1.54, 1.807) is 60.8 Å². The van der Waals surface area contributed by atoms with Gasteiger partial charge in [0.2, 0.25) is 10.0 Å². The molecule has 302 valence electrons. The normalized spacial score (nSPS) is 13.3. The van der Waals surface area contributed by atoms with Crippen LogP contribution in [0.3, 0.4) is 0 Å². The smallest absolute Gasteiger partial charge is 0.324 e. The number of carbonyl (C=O) groups is 2. The molecule has 1 fully saturated rings. The minimum atomic E-state index is -3.72. The topological polar surface area (TPSA) is 177 Å². The molecule has 5 aromatic rings. The zero-order valence-electron chi connectivity index (χ0n) is 33.1. The lowest BCUT2D eigenvalue weighted by Gasteiger charge is -2.29. The zero-order chi connectivity index (χ0) is 41.6. The molecule has 15 heteroatoms. The minimum absolute atomic E-state index is 0.116. The maximum atomic E-state index is 13.4. The number of amides is 3. The quantitative estimate of drug-likeness (QED) is 0.0936. The number of hydrogen-bond donors (Lipinski definition) is 4. The fourth-order valence-electron chi connectivity index (χ4n) is 6.61. The second-order valence-corrected chi connectivity index (χ2v) is 16.5. The Bertz CT molecular complexity index is 2490. The monoisotopic (exact) mass is 805 g/mol. The van der Waals surface area contributed by atoms with Crippen LogP contribution < -0.4 is 35.5 Å². The standard InChI is InChI=1S/C43H47N7O7S/c1-7-28-24-30(12-13-32(28)41(51)46-18-19-49-20-22-56-23-21-49)47-39-27-31(16-17-45-39)57-38-15-14-36(33-10-8-9-11-34(33)38)50(42(44)52)37-26-29(43(2,3)4)25-35(40(37)55-5)48-58(6,53)54/h1,8-17,24-27,48H,18-23H2,2-6H3,(H2,44,52)(H,45,47)(H,46,51). The molecule has 58 heavy (non-hydrogen) atoms. The Hall–Kier alpha value is -6.34. The summed E-state index contributed by atoms with van der Waals surface area (Å²) in [6.45, 7) is 10.2. The number of urea groups is 1. The number of morpholine rings is 1. The summed E-state index contributed by atoms with van der Waals surface area (Å²) in [6, 6.07) is 22.0. The molecule has 0 atom stereocenters. The number of fused-ring (bicyclic) bond motifs is 1. The molecular weight excluding hydrogens is 759 g/mol. The molecule has 0 spiro atoms. The summed E-state index contributed by atoms with van der Waals surface area (Å²) in [7, 11) is -2.33. The van der Waals surface area contributed by atoms with Gasteiger partial charge in [-0.3, -0.25) is 19.3 Å². The highest BCUT2D eigenvalue weighted by Gasteiger charge is 2.28. The number of terminal acetylenes is 1. The maximum Gasteiger partial charge on any atom is 0.324 e. The molecule has 4 aromatic carbocycles. The second-order valence-electron chi connectivity index (χ2n) is 14.7. The van der Waals surface area contributed by atoms with Crippen LogP contribution in [0.1, 0.15) is 42.3 Å². The molecule has 0 bridgehead atoms. The summed E-state index contributed by atoms with van der Waals surface area (Å²) in [5.41, 5.74) is 8.68. The number of nitrogens with two attached hydrogens (primary N) is 1. The van der Waals surface area contributed by atoms with Crippen molar-refractivity contribution in [1.82, 2.24) is 15.2 Å². The van der Waals surface area contributed by atoms with E-state index in [4.69, 9.17) is 26.4 Å². The average Bonchev–Trinajstić information content (AvgIpc) is 3.18. The van der Waals surface area contributed by atoms with E-state index in [1.807, 2.05) is 45.0 Å². The molecule has 2 heterocycles. The molecule has 6 rings (SSSR count). The number of hydrogen-bond acceptors (Lipinski definition) is 10. The molecule has 1 aliphatic heterocycles. The number of methoxy groups -OCH3 is 1. The van der Waals surface area contributed by atoms with Crippen molar-refractivity contribution in [3.8, 4) is 29.6 Å². The largest absolute Gasteiger partial charge is 0.492 e. The number of anilines is 5. The van der Waals surface area contributed by atoms with Gasteiger partial charge in [0.25, 0.3) is 5.91 Å². The van der Waals surface area contributed by atoms with Crippen LogP contribution >= 0.6 is 0 Å². The number of aromatic nitrogens is 1. The third kappa shape index (κ3) is 9.78. The van der Waals surface area contributed by atoms with Crippen LogP contribution in [0.25, 0.3) is 10.8 Å². The first-order valence-electron chi connectivity index (χ1n) is 18.6. The highest BCUT2D eigenvalue weighted by Crippen LogP contribution is 2.46. The number of nitrogens with zero attached hydrogens (tertiary/aromatic N) is 3. The summed E-state index contributed by atoms with van der Waals surface area (Å²) in [4.78, 5) is 34.4. The SMILES string of the molecule is C#Cc1cc(Nc2cc(Oc3ccc(N(C(N)=O)c4cc(C(C)(C)C)cc(NS(C)(=O)=O)c4OC)c4ccccc34)ccn2)ccc1C(=O)NCCN1CCOCC1. The lowest BCUT2D eigenvalue weighted by Crippen LogP contribution is -2.41. The molecule has 1 aromatic heterocycles. The fourth-order valence-corrected chi connectivity index (χ4v) is 7.17. The van der Waals surface area contributed by atoms with Crippen molar-refractivity contribution in [3.63, 3.8) is 0 Å². The van der Waals surface area contributed by atoms with Gasteiger partial charge in [0, 0.05) is 60.5 Å². The van der Waals surface area contributed by atoms with E-state index in [0.29, 0.717) is 70.3 Å². The van der Waals surface area contributed by atoms with E-state index in [9.17, 15) is 18.0 Å². The predicted octanol–water partition coefficient (Wildman–Crippen LogP) is 6.71. The molecule has 0 saturated carbocycles. The number of rotatable bonds is 13. The van der Waals surface area contributed by atoms with E-state index in [2.05, 4.69) is 31.2 Å². The van der Waals surface area contributed by atoms with Gasteiger partial charge in [-0.15, -0.1) is 6.42 Å². The van der Waals surface area contributed by atoms with Gasteiger partial charge >= 0.3 is 6.03 Å². The maximum absolute atomic E-state index is 13.4. The summed E-state index contributed by atoms with van der Waals surface area (Å²) in [5, 5.41) is 7.49. The number of ether oxygens (including phenoxy) is 3. The van der Waals surface area contributed by atoms with E-state index in [-0.39, 0.29) is 23.0 Å². The lowest BCUT2D eigenvalue weighted by atomic mass is 9.86. The number of primary amides is 1. The number of nitrogens with one attached hydrogen (secondary N) is 3. The third-order valence-electron chi connectivity index (χ3n) is 9.47. The summed E-state index contributed by atoms with van der Waals surface area (Å²) < 4.78 is 44.9. The Kier molecular flexibility index (Phi) is 12.4. The first kappa shape index (κ1) is 41.3. The Morgan fingerprint density at radius 3 is 2.41 bits per heavy atom. The zero-order valence-corrected chi connectivity index (χ0v) is 33.9. The van der Waals surface area contributed by atoms with Crippen molar-refractivity contribution in [2.45, 2.75) is 26.2 Å². The van der Waals surface area contributed by atoms with Crippen LogP contribution in [-0.2, 0) is 20.2 Å². The van der Waals surface area contributed by atoms with E-state index >= 15 is 0 Å². The van der Waals surface area contributed by atoms with Crippen LogP contribution in [0.15, 0.2) is 85.1 Å². The van der Waals surface area contributed by atoms with Crippen molar-refractivity contribution >= 4 is 61.3 Å². The van der Waals surface area contributed by atoms with Crippen molar-refractivity contribution in [2.75, 3.05) is 67.7 Å². The van der Waals surface area contributed by atoms with Gasteiger partial charge in [-0.2, -0.15) is 0 Å². The van der Waals surface area contributed by atoms with Crippen molar-refractivity contribution in [1.29, 1.82) is 0 Å². The Morgan fingerprint density at radius 1 is 1.00 bits per heavy atom. The van der Waals surface area contributed by atoms with Crippen LogP contribution in [0, 0.1) is 12.3 Å². The summed E-state index contributed by atoms with van der Waals surface area (Å²) in [5.74, 6) is 3.90. The molecule has 5 N–H and O–H groups in total. The molecule has 3 amide bonds. The van der Waals surface area contributed by atoms with E-state index in [0.717, 1.165) is 31.5 Å². The van der Waals surface area contributed by atoms with Gasteiger partial charge in [0.05, 0.1) is 49.2 Å². The summed E-state index contributed by atoms with van der Waals surface area (Å²) >= 11 is 0. The van der Waals surface area contributed by atoms with Crippen LogP contribution in [-0.4, -0.2) is 83.0 Å². The van der Waals surface area contributed by atoms with Crippen LogP contribution in [0.2, 0.25) is 0 Å². The van der Waals surface area contributed by atoms with Gasteiger partial charge in [-0.05, 0) is 59.5 Å². The first-order valence-corrected chi connectivity index (χ1v) is 20.5. The van der Waals surface area contributed by atoms with Gasteiger partial charge in [-0.1, -0.05) is 51.0 Å². The summed E-state index contributed by atoms with van der Waals surface area (Å²) in [6.07, 6.45) is 8.46.